The van der Waals surface area contributed by atoms with E-state index < -0.39 is 0 Å². The zero-order valence-corrected chi connectivity index (χ0v) is 13.6. The maximum absolute atomic E-state index is 10.5. The minimum atomic E-state index is 0.654. The van der Waals surface area contributed by atoms with Gasteiger partial charge in [0.2, 0.25) is 6.41 Å². The van der Waals surface area contributed by atoms with Gasteiger partial charge in [0.1, 0.15) is 11.6 Å². The predicted octanol–water partition coefficient (Wildman–Crippen LogP) is 3.07. The highest BCUT2D eigenvalue weighted by molar-refractivity contribution is 5.73. The highest BCUT2D eigenvalue weighted by Crippen LogP contribution is 2.29. The Morgan fingerprint density at radius 1 is 1.12 bits per heavy atom. The summed E-state index contributed by atoms with van der Waals surface area (Å²) in [7, 11) is 1.65. The first-order valence-corrected chi connectivity index (χ1v) is 7.66. The summed E-state index contributed by atoms with van der Waals surface area (Å²) in [6.45, 7) is 2.04. The van der Waals surface area contributed by atoms with Crippen molar-refractivity contribution in [2.45, 2.75) is 13.3 Å². The first kappa shape index (κ1) is 15.7. The monoisotopic (exact) mass is 322 g/mol. The van der Waals surface area contributed by atoms with Crippen molar-refractivity contribution in [3.8, 4) is 22.8 Å². The standard InChI is InChI=1S/C18H18N4O2/c1-3-17-20-21-18(13-8-10-14(11-9-13)19-12-23)22(17)15-6-4-5-7-16(15)24-2/h4-12H,3H2,1-2H3,(H,19,23). The molecule has 0 aliphatic heterocycles. The van der Waals surface area contributed by atoms with Crippen molar-refractivity contribution in [2.75, 3.05) is 12.4 Å². The van der Waals surface area contributed by atoms with Crippen molar-refractivity contribution in [1.82, 2.24) is 14.8 Å². The highest BCUT2D eigenvalue weighted by Gasteiger charge is 2.17. The second-order valence-corrected chi connectivity index (χ2v) is 5.14. The predicted molar refractivity (Wildman–Crippen MR) is 92.4 cm³/mol. The Labute approximate surface area is 140 Å². The number of hydrogen-bond acceptors (Lipinski definition) is 4. The molecule has 0 aliphatic carbocycles. The second-order valence-electron chi connectivity index (χ2n) is 5.14. The molecule has 0 unspecified atom stereocenters. The van der Waals surface area contributed by atoms with E-state index in [-0.39, 0.29) is 0 Å². The molecule has 0 saturated carbocycles. The summed E-state index contributed by atoms with van der Waals surface area (Å²) in [6, 6.07) is 15.2. The molecule has 0 spiro atoms. The van der Waals surface area contributed by atoms with Crippen molar-refractivity contribution in [1.29, 1.82) is 0 Å². The fraction of sp³-hybridized carbons (Fsp3) is 0.167. The van der Waals surface area contributed by atoms with Crippen molar-refractivity contribution >= 4 is 12.1 Å². The number of anilines is 1. The minimum Gasteiger partial charge on any atom is -0.495 e. The average molecular weight is 322 g/mol. The topological polar surface area (TPSA) is 69.0 Å². The number of aromatic nitrogens is 3. The molecule has 1 N–H and O–H groups in total. The molecule has 3 rings (SSSR count). The largest absolute Gasteiger partial charge is 0.495 e. The fourth-order valence-electron chi connectivity index (χ4n) is 2.58. The van der Waals surface area contributed by atoms with Crippen LogP contribution in [0.5, 0.6) is 5.75 Å². The summed E-state index contributed by atoms with van der Waals surface area (Å²) in [5.74, 6) is 2.34. The lowest BCUT2D eigenvalue weighted by molar-refractivity contribution is -0.105. The Bertz CT molecular complexity index is 840. The average Bonchev–Trinajstić information content (AvgIpc) is 3.06. The van der Waals surface area contributed by atoms with Crippen LogP contribution >= 0.6 is 0 Å². The van der Waals surface area contributed by atoms with Crippen LogP contribution in [0.1, 0.15) is 12.7 Å². The summed E-state index contributed by atoms with van der Waals surface area (Å²) in [5.41, 5.74) is 2.53. The van der Waals surface area contributed by atoms with Crippen LogP contribution in [0, 0.1) is 0 Å². The van der Waals surface area contributed by atoms with Gasteiger partial charge >= 0.3 is 0 Å². The Hall–Kier alpha value is -3.15. The minimum absolute atomic E-state index is 0.654. The van der Waals surface area contributed by atoms with Crippen LogP contribution in [0.15, 0.2) is 48.5 Å². The van der Waals surface area contributed by atoms with Gasteiger partial charge in [0, 0.05) is 17.7 Å². The molecule has 0 saturated heterocycles. The Morgan fingerprint density at radius 3 is 2.54 bits per heavy atom. The Kier molecular flexibility index (Phi) is 4.56. The third-order valence-corrected chi connectivity index (χ3v) is 3.74. The number of methoxy groups -OCH3 is 1. The molecule has 2 aromatic carbocycles. The normalized spacial score (nSPS) is 10.4. The molecule has 122 valence electrons. The molecular formula is C18H18N4O2. The Balaban J connectivity index is 2.13. The number of nitrogens with one attached hydrogen (secondary N) is 1. The van der Waals surface area contributed by atoms with Crippen LogP contribution in [-0.2, 0) is 11.2 Å². The summed E-state index contributed by atoms with van der Waals surface area (Å²) in [6.07, 6.45) is 1.40. The van der Waals surface area contributed by atoms with Crippen molar-refractivity contribution < 1.29 is 9.53 Å². The third kappa shape index (κ3) is 2.86. The number of hydrogen-bond donors (Lipinski definition) is 1. The summed E-state index contributed by atoms with van der Waals surface area (Å²) in [4.78, 5) is 10.5. The molecule has 0 bridgehead atoms. The van der Waals surface area contributed by atoms with Crippen LogP contribution in [0.3, 0.4) is 0 Å². The molecule has 0 atom stereocenters. The van der Waals surface area contributed by atoms with Gasteiger partial charge in [-0.2, -0.15) is 0 Å². The molecule has 24 heavy (non-hydrogen) atoms. The van der Waals surface area contributed by atoms with Gasteiger partial charge in [0.15, 0.2) is 5.82 Å². The maximum Gasteiger partial charge on any atom is 0.211 e. The van der Waals surface area contributed by atoms with E-state index in [9.17, 15) is 4.79 Å². The molecule has 3 aromatic rings. The molecule has 1 aromatic heterocycles. The molecule has 0 aliphatic rings. The number of ether oxygens (including phenoxy) is 1. The van der Waals surface area contributed by atoms with Crippen molar-refractivity contribution in [2.24, 2.45) is 0 Å². The van der Waals surface area contributed by atoms with Gasteiger partial charge in [-0.3, -0.25) is 9.36 Å². The number of para-hydroxylation sites is 2. The third-order valence-electron chi connectivity index (χ3n) is 3.74. The van der Waals surface area contributed by atoms with E-state index >= 15 is 0 Å². The van der Waals surface area contributed by atoms with Crippen LogP contribution in [-0.4, -0.2) is 28.3 Å². The fourth-order valence-corrected chi connectivity index (χ4v) is 2.58. The van der Waals surface area contributed by atoms with Crippen LogP contribution < -0.4 is 10.1 Å². The van der Waals surface area contributed by atoms with Gasteiger partial charge in [-0.25, -0.2) is 0 Å². The van der Waals surface area contributed by atoms with Gasteiger partial charge in [-0.05, 0) is 36.4 Å². The van der Waals surface area contributed by atoms with Crippen molar-refractivity contribution in [3.05, 3.63) is 54.4 Å². The number of nitrogens with zero attached hydrogens (tertiary/aromatic N) is 3. The van der Waals surface area contributed by atoms with E-state index in [0.29, 0.717) is 6.41 Å². The van der Waals surface area contributed by atoms with E-state index in [1.807, 2.05) is 60.0 Å². The quantitative estimate of drug-likeness (QED) is 0.708. The molecule has 1 heterocycles. The molecule has 6 heteroatoms. The van der Waals surface area contributed by atoms with E-state index in [0.717, 1.165) is 40.8 Å². The van der Waals surface area contributed by atoms with Crippen molar-refractivity contribution in [3.63, 3.8) is 0 Å². The second kappa shape index (κ2) is 6.95. The highest BCUT2D eigenvalue weighted by atomic mass is 16.5. The first-order chi connectivity index (χ1) is 11.8. The van der Waals surface area contributed by atoms with Gasteiger partial charge in [-0.15, -0.1) is 10.2 Å². The van der Waals surface area contributed by atoms with Gasteiger partial charge in [0.25, 0.3) is 0 Å². The number of amides is 1. The lowest BCUT2D eigenvalue weighted by Gasteiger charge is -2.13. The lowest BCUT2D eigenvalue weighted by atomic mass is 10.2. The molecule has 6 nitrogen and oxygen atoms in total. The summed E-state index contributed by atoms with van der Waals surface area (Å²) < 4.78 is 7.49. The van der Waals surface area contributed by atoms with Crippen LogP contribution in [0.4, 0.5) is 5.69 Å². The smallest absolute Gasteiger partial charge is 0.211 e. The number of rotatable bonds is 6. The van der Waals surface area contributed by atoms with Gasteiger partial charge in [-0.1, -0.05) is 19.1 Å². The Morgan fingerprint density at radius 2 is 1.88 bits per heavy atom. The van der Waals surface area contributed by atoms with E-state index in [2.05, 4.69) is 15.5 Å². The lowest BCUT2D eigenvalue weighted by Crippen LogP contribution is -2.04. The molecule has 1 amide bonds. The number of aryl methyl sites for hydroxylation is 1. The summed E-state index contributed by atoms with van der Waals surface area (Å²) >= 11 is 0. The SMILES string of the molecule is CCc1nnc(-c2ccc(NC=O)cc2)n1-c1ccccc1OC. The van der Waals surface area contributed by atoms with E-state index in [4.69, 9.17) is 4.74 Å². The molecule has 0 radical (unpaired) electrons. The van der Waals surface area contributed by atoms with Gasteiger partial charge in [0.05, 0.1) is 12.8 Å². The molecular weight excluding hydrogens is 304 g/mol. The summed E-state index contributed by atoms with van der Waals surface area (Å²) in [5, 5.41) is 11.3. The zero-order chi connectivity index (χ0) is 16.9. The maximum atomic E-state index is 10.5. The molecule has 0 fully saturated rings. The number of carbonyl (C=O) groups excluding carboxylic acids is 1. The van der Waals surface area contributed by atoms with E-state index in [1.165, 1.54) is 0 Å². The first-order valence-electron chi connectivity index (χ1n) is 7.66. The van der Waals surface area contributed by atoms with Crippen LogP contribution in [0.25, 0.3) is 17.1 Å². The number of benzene rings is 2. The van der Waals surface area contributed by atoms with Gasteiger partial charge < -0.3 is 10.1 Å². The van der Waals surface area contributed by atoms with Crippen LogP contribution in [0.2, 0.25) is 0 Å². The zero-order valence-electron chi connectivity index (χ0n) is 13.6. The number of carbonyl (C=O) groups is 1. The van der Waals surface area contributed by atoms with E-state index in [1.54, 1.807) is 7.11 Å².